The van der Waals surface area contributed by atoms with Crippen LogP contribution in [0.2, 0.25) is 0 Å². The maximum absolute atomic E-state index is 11.9. The summed E-state index contributed by atoms with van der Waals surface area (Å²) in [4.78, 5) is 16.3. The molecule has 2 heterocycles. The summed E-state index contributed by atoms with van der Waals surface area (Å²) in [6, 6.07) is 14.7. The molecule has 1 aromatic heterocycles. The van der Waals surface area contributed by atoms with E-state index in [9.17, 15) is 9.90 Å². The number of anilines is 1. The number of aromatic nitrogens is 2. The van der Waals surface area contributed by atoms with Crippen LogP contribution in [0.3, 0.4) is 0 Å². The summed E-state index contributed by atoms with van der Waals surface area (Å²) in [7, 11) is 1.96. The van der Waals surface area contributed by atoms with E-state index in [-0.39, 0.29) is 18.8 Å². The van der Waals surface area contributed by atoms with Crippen LogP contribution < -0.4 is 5.32 Å². The van der Waals surface area contributed by atoms with Crippen molar-refractivity contribution >= 4 is 58.2 Å². The molecule has 1 aliphatic rings. The predicted octanol–water partition coefficient (Wildman–Crippen LogP) is 5.56. The van der Waals surface area contributed by atoms with E-state index in [0.717, 1.165) is 21.8 Å². The number of nitrogens with one attached hydrogen (secondary N) is 1. The van der Waals surface area contributed by atoms with Crippen LogP contribution in [-0.2, 0) is 27.9 Å². The summed E-state index contributed by atoms with van der Waals surface area (Å²) in [5.74, 6) is -0.0361. The predicted molar refractivity (Wildman–Crippen MR) is 138 cm³/mol. The number of hydrogen-bond acceptors (Lipinski definition) is 6. The Hall–Kier alpha value is -1.78. The largest absolute Gasteiger partial charge is 0.392 e. The van der Waals surface area contributed by atoms with E-state index in [1.807, 2.05) is 42.1 Å². The zero-order valence-corrected chi connectivity index (χ0v) is 21.8. The Bertz CT molecular complexity index is 1140. The normalized spacial score (nSPS) is 20.5. The lowest BCUT2D eigenvalue weighted by Crippen LogP contribution is -2.31. The number of aliphatic hydroxyl groups is 1. The van der Waals surface area contributed by atoms with Gasteiger partial charge < -0.3 is 24.5 Å². The first kappa shape index (κ1) is 26.3. The molecular formula is C24H24Cl3N3O4S. The quantitative estimate of drug-likeness (QED) is 0.293. The molecule has 11 heteroatoms. The topological polar surface area (TPSA) is 85.6 Å². The van der Waals surface area contributed by atoms with Gasteiger partial charge in [0.15, 0.2) is 11.4 Å². The van der Waals surface area contributed by atoms with E-state index >= 15 is 0 Å². The van der Waals surface area contributed by atoms with E-state index < -0.39 is 16.0 Å². The molecule has 0 aliphatic carbocycles. The van der Waals surface area contributed by atoms with Gasteiger partial charge >= 0.3 is 0 Å². The molecule has 1 fully saturated rings. The van der Waals surface area contributed by atoms with Crippen molar-refractivity contribution in [1.29, 1.82) is 0 Å². The number of benzene rings is 2. The second kappa shape index (κ2) is 11.5. The van der Waals surface area contributed by atoms with Crippen molar-refractivity contribution in [3.8, 4) is 0 Å². The lowest BCUT2D eigenvalue weighted by atomic mass is 10.0. The minimum atomic E-state index is -2.05. The summed E-state index contributed by atoms with van der Waals surface area (Å²) >= 11 is 18.5. The number of carbonyl (C=O) groups excluding carboxylic acids is 1. The Balaban J connectivity index is 1.51. The second-order valence-corrected chi connectivity index (χ2v) is 11.3. The second-order valence-electron chi connectivity index (χ2n) is 8.06. The molecule has 1 aliphatic heterocycles. The fourth-order valence-corrected chi connectivity index (χ4v) is 4.70. The molecule has 7 nitrogen and oxygen atoms in total. The minimum absolute atomic E-state index is 0.0123. The van der Waals surface area contributed by atoms with Gasteiger partial charge in [0, 0.05) is 42.9 Å². The number of aliphatic hydroxyl groups excluding tert-OH is 1. The number of alkyl halides is 3. The summed E-state index contributed by atoms with van der Waals surface area (Å²) in [5, 5.41) is 12.8. The van der Waals surface area contributed by atoms with Crippen molar-refractivity contribution in [2.45, 2.75) is 40.5 Å². The fraction of sp³-hybridized carbons (Fsp3) is 0.333. The number of ether oxygens (including phenoxy) is 2. The van der Waals surface area contributed by atoms with Crippen molar-refractivity contribution in [3.05, 3.63) is 77.6 Å². The van der Waals surface area contributed by atoms with Crippen molar-refractivity contribution in [2.24, 2.45) is 7.05 Å². The van der Waals surface area contributed by atoms with Gasteiger partial charge in [-0.15, -0.1) is 0 Å². The van der Waals surface area contributed by atoms with Crippen LogP contribution in [0.1, 0.15) is 35.5 Å². The number of rotatable bonds is 7. The zero-order chi connectivity index (χ0) is 25.0. The summed E-state index contributed by atoms with van der Waals surface area (Å²) < 4.78 is 12.6. The van der Waals surface area contributed by atoms with Crippen molar-refractivity contribution in [1.82, 2.24) is 9.55 Å². The molecule has 3 aromatic rings. The van der Waals surface area contributed by atoms with E-state index in [1.165, 1.54) is 0 Å². The molecule has 35 heavy (non-hydrogen) atoms. The number of amides is 1. The Morgan fingerprint density at radius 3 is 2.43 bits per heavy atom. The number of hydrogen-bond donors (Lipinski definition) is 2. The van der Waals surface area contributed by atoms with Gasteiger partial charge in [0.25, 0.3) is 9.70 Å². The fourth-order valence-electron chi connectivity index (χ4n) is 3.61. The number of aryl methyl sites for hydroxylation is 1. The third kappa shape index (κ3) is 6.92. The standard InChI is InChI=1S/C24H24Cl3N3O4S/c1-30-11-10-28-23(30)35-14-19-12-20(16-4-2-15(13-31)3-5-16)34-21(33-19)17-6-8-18(9-7-17)29-22(32)24(25,26)27/h2-11,19-21,31H,12-14H2,1H3,(H,29,32)/t19-,20+,21+/m1/s1. The smallest absolute Gasteiger partial charge is 0.276 e. The van der Waals surface area contributed by atoms with E-state index in [1.54, 1.807) is 42.2 Å². The first-order chi connectivity index (χ1) is 16.7. The molecule has 0 saturated carbocycles. The Kier molecular flexibility index (Phi) is 8.65. The van der Waals surface area contributed by atoms with Gasteiger partial charge in [-0.3, -0.25) is 4.79 Å². The monoisotopic (exact) mass is 555 g/mol. The third-order valence-corrected chi connectivity index (χ3v) is 7.19. The highest BCUT2D eigenvalue weighted by Gasteiger charge is 2.33. The number of halogens is 3. The van der Waals surface area contributed by atoms with Crippen LogP contribution >= 0.6 is 46.6 Å². The molecule has 0 spiro atoms. The van der Waals surface area contributed by atoms with Crippen LogP contribution in [0.5, 0.6) is 0 Å². The molecule has 0 bridgehead atoms. The molecule has 1 amide bonds. The summed E-state index contributed by atoms with van der Waals surface area (Å²) in [6.07, 6.45) is 3.44. The highest BCUT2D eigenvalue weighted by molar-refractivity contribution is 7.99. The maximum Gasteiger partial charge on any atom is 0.276 e. The van der Waals surface area contributed by atoms with Crippen LogP contribution in [0.15, 0.2) is 66.1 Å². The van der Waals surface area contributed by atoms with Gasteiger partial charge in [-0.2, -0.15) is 0 Å². The Morgan fingerprint density at radius 1 is 1.14 bits per heavy atom. The molecule has 186 valence electrons. The molecule has 0 radical (unpaired) electrons. The first-order valence-corrected chi connectivity index (χ1v) is 12.9. The highest BCUT2D eigenvalue weighted by atomic mass is 35.6. The SMILES string of the molecule is Cn1ccnc1SC[C@H]1C[C@@H](c2ccc(CO)cc2)O[C@@H](c2ccc(NC(=O)C(Cl)(Cl)Cl)cc2)O1. The minimum Gasteiger partial charge on any atom is -0.392 e. The number of thioether (sulfide) groups is 1. The molecule has 3 atom stereocenters. The number of imidazole rings is 1. The first-order valence-electron chi connectivity index (χ1n) is 10.8. The van der Waals surface area contributed by atoms with Crippen molar-refractivity contribution in [3.63, 3.8) is 0 Å². The average molecular weight is 557 g/mol. The van der Waals surface area contributed by atoms with Gasteiger partial charge in [-0.1, -0.05) is 83.0 Å². The summed E-state index contributed by atoms with van der Waals surface area (Å²) in [6.45, 7) is -0.0123. The van der Waals surface area contributed by atoms with Crippen molar-refractivity contribution in [2.75, 3.05) is 11.1 Å². The Morgan fingerprint density at radius 2 is 1.83 bits per heavy atom. The highest BCUT2D eigenvalue weighted by Crippen LogP contribution is 2.39. The zero-order valence-electron chi connectivity index (χ0n) is 18.7. The van der Waals surface area contributed by atoms with E-state index in [0.29, 0.717) is 17.9 Å². The lowest BCUT2D eigenvalue weighted by Gasteiger charge is -2.36. The molecule has 0 unspecified atom stereocenters. The van der Waals surface area contributed by atoms with E-state index in [4.69, 9.17) is 44.3 Å². The van der Waals surface area contributed by atoms with E-state index in [2.05, 4.69) is 10.3 Å². The Labute approximate surface area is 222 Å². The van der Waals surface area contributed by atoms with Crippen LogP contribution in [0.4, 0.5) is 5.69 Å². The number of nitrogens with zero attached hydrogens (tertiary/aromatic N) is 2. The molecule has 1 saturated heterocycles. The van der Waals surface area contributed by atoms with Gasteiger partial charge in [0.05, 0.1) is 18.8 Å². The van der Waals surface area contributed by atoms with Gasteiger partial charge in [-0.25, -0.2) is 4.98 Å². The van der Waals surface area contributed by atoms with Crippen LogP contribution in [0, 0.1) is 0 Å². The summed E-state index contributed by atoms with van der Waals surface area (Å²) in [5.41, 5.74) is 3.13. The van der Waals surface area contributed by atoms with Gasteiger partial charge in [0.1, 0.15) is 0 Å². The van der Waals surface area contributed by atoms with Crippen LogP contribution in [0.25, 0.3) is 0 Å². The van der Waals surface area contributed by atoms with Crippen LogP contribution in [-0.4, -0.2) is 36.2 Å². The van der Waals surface area contributed by atoms with Crippen molar-refractivity contribution < 1.29 is 19.4 Å². The lowest BCUT2D eigenvalue weighted by molar-refractivity contribution is -0.245. The third-order valence-electron chi connectivity index (χ3n) is 5.49. The maximum atomic E-state index is 11.9. The average Bonchev–Trinajstić information content (AvgIpc) is 3.27. The molecule has 2 N–H and O–H groups in total. The van der Waals surface area contributed by atoms with Gasteiger partial charge in [0.2, 0.25) is 0 Å². The molecule has 2 aromatic carbocycles. The number of carbonyl (C=O) groups is 1. The van der Waals surface area contributed by atoms with Gasteiger partial charge in [-0.05, 0) is 23.3 Å². The molecular weight excluding hydrogens is 533 g/mol. The molecule has 4 rings (SSSR count).